The molecule has 0 rings (SSSR count). The van der Waals surface area contributed by atoms with E-state index in [1.807, 2.05) is 0 Å². The second kappa shape index (κ2) is 11.1. The molecular formula is C8F18Li2O6S2. The largest absolute Gasteiger partial charge is 1.00 e. The molecule has 0 bridgehead atoms. The topological polar surface area (TPSA) is 114 Å². The van der Waals surface area contributed by atoms with Gasteiger partial charge in [-0.25, -0.2) is 16.8 Å². The summed E-state index contributed by atoms with van der Waals surface area (Å²) in [5, 5.41) is -14.2. The van der Waals surface area contributed by atoms with E-state index in [0.29, 0.717) is 0 Å². The molecule has 0 aliphatic carbocycles. The Morgan fingerprint density at radius 2 is 0.500 bits per heavy atom. The molecule has 208 valence electrons. The Hall–Kier alpha value is -0.245. The van der Waals surface area contributed by atoms with Gasteiger partial charge in [-0.1, -0.05) is 0 Å². The molecule has 36 heavy (non-hydrogen) atoms. The summed E-state index contributed by atoms with van der Waals surface area (Å²) in [5.41, 5.74) is 0. The van der Waals surface area contributed by atoms with Crippen LogP contribution in [-0.4, -0.2) is 72.5 Å². The SMILES string of the molecule is O=S(=O)([O-])C(F)(F)C(F)(F)C(F)(F)C(F)(F)F.O=S(=O)([O-])C(F)(F)C(F)(F)C(F)(F)C(F)(F)F.[Li+].[Li+]. The quantitative estimate of drug-likeness (QED) is 0.194. The molecule has 0 aliphatic heterocycles. The minimum Gasteiger partial charge on any atom is -0.743 e. The summed E-state index contributed by atoms with van der Waals surface area (Å²) < 4.78 is 271. The maximum Gasteiger partial charge on any atom is 1.00 e. The Kier molecular flexibility index (Phi) is 13.2. The average Bonchev–Trinajstić information content (AvgIpc) is 2.50. The van der Waals surface area contributed by atoms with E-state index >= 15 is 0 Å². The molecule has 0 atom stereocenters. The minimum atomic E-state index is -7.43. The first kappa shape index (κ1) is 42.8. The number of hydrogen-bond donors (Lipinski definition) is 0. The van der Waals surface area contributed by atoms with Gasteiger partial charge in [0.25, 0.3) is 0 Å². The van der Waals surface area contributed by atoms with Crippen molar-refractivity contribution in [2.24, 2.45) is 0 Å². The van der Waals surface area contributed by atoms with Crippen LogP contribution in [0.3, 0.4) is 0 Å². The van der Waals surface area contributed by atoms with Crippen molar-refractivity contribution in [2.75, 3.05) is 0 Å². The molecule has 0 saturated heterocycles. The van der Waals surface area contributed by atoms with Gasteiger partial charge in [0, 0.05) is 0 Å². The fourth-order valence-electron chi connectivity index (χ4n) is 1.04. The summed E-state index contributed by atoms with van der Waals surface area (Å²) in [7, 11) is -14.8. The van der Waals surface area contributed by atoms with E-state index in [1.54, 1.807) is 0 Å². The first-order chi connectivity index (χ1) is 14.0. The molecule has 0 aromatic rings. The van der Waals surface area contributed by atoms with Crippen LogP contribution in [0.4, 0.5) is 79.0 Å². The first-order valence-corrected chi connectivity index (χ1v) is 9.13. The second-order valence-electron chi connectivity index (χ2n) is 5.23. The molecule has 28 heteroatoms. The van der Waals surface area contributed by atoms with E-state index in [1.165, 1.54) is 0 Å². The van der Waals surface area contributed by atoms with Gasteiger partial charge in [0.1, 0.15) is 0 Å². The fraction of sp³-hybridized carbons (Fsp3) is 1.00. The summed E-state index contributed by atoms with van der Waals surface area (Å²) in [6.45, 7) is 0. The molecule has 0 heterocycles. The van der Waals surface area contributed by atoms with Gasteiger partial charge in [0.2, 0.25) is 0 Å². The van der Waals surface area contributed by atoms with E-state index in [0.717, 1.165) is 0 Å². The van der Waals surface area contributed by atoms with E-state index in [4.69, 9.17) is 0 Å². The zero-order valence-electron chi connectivity index (χ0n) is 16.1. The van der Waals surface area contributed by atoms with Crippen molar-refractivity contribution in [3.8, 4) is 0 Å². The number of alkyl halides is 18. The summed E-state index contributed by atoms with van der Waals surface area (Å²) >= 11 is 0. The van der Waals surface area contributed by atoms with Gasteiger partial charge in [-0.05, 0) is 0 Å². The molecule has 0 amide bonds. The molecule has 0 aromatic carbocycles. The standard InChI is InChI=1S/2C4HF9O3S.2Li/c2*5-1(6,3(9,10)11)2(7,8)4(12,13)17(14,15)16;;/h2*(H,14,15,16);;/q;;2*+1/p-2. The van der Waals surface area contributed by atoms with Crippen LogP contribution in [0.5, 0.6) is 0 Å². The molecule has 0 spiro atoms. The summed E-state index contributed by atoms with van der Waals surface area (Å²) in [4.78, 5) is 0. The van der Waals surface area contributed by atoms with Crippen molar-refractivity contribution in [2.45, 2.75) is 46.6 Å². The van der Waals surface area contributed by atoms with Crippen LogP contribution in [-0.2, 0) is 20.2 Å². The van der Waals surface area contributed by atoms with E-state index < -0.39 is 66.8 Å². The van der Waals surface area contributed by atoms with Crippen LogP contribution in [0, 0.1) is 0 Å². The van der Waals surface area contributed by atoms with Gasteiger partial charge >= 0.3 is 84.3 Å². The molecular weight excluding hydrogens is 612 g/mol. The number of hydrogen-bond acceptors (Lipinski definition) is 6. The Morgan fingerprint density at radius 1 is 0.361 bits per heavy atom. The Bertz CT molecular complexity index is 875. The predicted octanol–water partition coefficient (Wildman–Crippen LogP) is -2.08. The van der Waals surface area contributed by atoms with Crippen molar-refractivity contribution >= 4 is 20.2 Å². The predicted molar refractivity (Wildman–Crippen MR) is 61.2 cm³/mol. The van der Waals surface area contributed by atoms with Gasteiger partial charge in [0.15, 0.2) is 20.2 Å². The molecule has 0 saturated carbocycles. The fourth-order valence-corrected chi connectivity index (χ4v) is 1.92. The average molecular weight is 612 g/mol. The number of rotatable bonds is 6. The van der Waals surface area contributed by atoms with E-state index in [9.17, 15) is 105 Å². The molecule has 0 aliphatic rings. The van der Waals surface area contributed by atoms with Gasteiger partial charge < -0.3 is 9.11 Å². The summed E-state index contributed by atoms with van der Waals surface area (Å²) in [6.07, 6.45) is -14.3. The maximum absolute atomic E-state index is 12.2. The van der Waals surface area contributed by atoms with Gasteiger partial charge in [0.05, 0.1) is 0 Å². The van der Waals surface area contributed by atoms with Crippen LogP contribution in [0.2, 0.25) is 0 Å². The molecule has 0 N–H and O–H groups in total. The molecule has 0 aromatic heterocycles. The van der Waals surface area contributed by atoms with Crippen LogP contribution in [0.25, 0.3) is 0 Å². The smallest absolute Gasteiger partial charge is 0.743 e. The third kappa shape index (κ3) is 7.03. The van der Waals surface area contributed by atoms with Gasteiger partial charge in [-0.2, -0.15) is 79.0 Å². The second-order valence-corrected chi connectivity index (χ2v) is 8.08. The van der Waals surface area contributed by atoms with E-state index in [-0.39, 0.29) is 37.7 Å². The van der Waals surface area contributed by atoms with Gasteiger partial charge in [-0.15, -0.1) is 0 Å². The third-order valence-corrected chi connectivity index (χ3v) is 4.63. The monoisotopic (exact) mass is 612 g/mol. The Balaban J connectivity index is -0.000000269. The minimum absolute atomic E-state index is 0. The van der Waals surface area contributed by atoms with E-state index in [2.05, 4.69) is 0 Å². The molecule has 0 radical (unpaired) electrons. The molecule has 0 fully saturated rings. The normalized spacial score (nSPS) is 15.2. The molecule has 6 nitrogen and oxygen atoms in total. The van der Waals surface area contributed by atoms with Crippen molar-refractivity contribution in [1.29, 1.82) is 0 Å². The van der Waals surface area contributed by atoms with Crippen LogP contribution >= 0.6 is 0 Å². The van der Waals surface area contributed by atoms with Crippen molar-refractivity contribution in [3.63, 3.8) is 0 Å². The van der Waals surface area contributed by atoms with Crippen LogP contribution in [0.1, 0.15) is 0 Å². The van der Waals surface area contributed by atoms with Crippen LogP contribution < -0.4 is 37.7 Å². The number of halogens is 18. The van der Waals surface area contributed by atoms with Crippen molar-refractivity contribution in [3.05, 3.63) is 0 Å². The van der Waals surface area contributed by atoms with Crippen LogP contribution in [0.15, 0.2) is 0 Å². The Labute approximate surface area is 209 Å². The van der Waals surface area contributed by atoms with Gasteiger partial charge in [-0.3, -0.25) is 0 Å². The van der Waals surface area contributed by atoms with Crippen molar-refractivity contribution in [1.82, 2.24) is 0 Å². The van der Waals surface area contributed by atoms with Crippen molar-refractivity contribution < 1.29 is 143 Å². The third-order valence-electron chi connectivity index (χ3n) is 2.86. The zero-order chi connectivity index (χ0) is 29.0. The first-order valence-electron chi connectivity index (χ1n) is 6.31. The maximum atomic E-state index is 12.2. The molecule has 0 unspecified atom stereocenters. The Morgan fingerprint density at radius 3 is 0.583 bits per heavy atom. The zero-order valence-corrected chi connectivity index (χ0v) is 17.7. The summed E-state index contributed by atoms with van der Waals surface area (Å²) in [6, 6.07) is 0. The summed E-state index contributed by atoms with van der Waals surface area (Å²) in [5.74, 6) is -29.6.